The third kappa shape index (κ3) is 3.63. The van der Waals surface area contributed by atoms with Crippen molar-refractivity contribution < 1.29 is 28.5 Å². The van der Waals surface area contributed by atoms with Gasteiger partial charge in [0.2, 0.25) is 6.79 Å². The van der Waals surface area contributed by atoms with Gasteiger partial charge in [-0.15, -0.1) is 0 Å². The van der Waals surface area contributed by atoms with E-state index in [1.54, 1.807) is 20.8 Å². The van der Waals surface area contributed by atoms with Gasteiger partial charge in [-0.1, -0.05) is 18.2 Å². The fourth-order valence-electron chi connectivity index (χ4n) is 4.40. The number of fused-ring (bicyclic) bond motifs is 4. The maximum Gasteiger partial charge on any atom is 0.349 e. The SMILES string of the molecule is CCOC(=O)C(C)(C)Oc1ccc(-c2c3c(cc4ccc5c(c24)OCO5)C(=O)NCC3)cc1. The van der Waals surface area contributed by atoms with E-state index < -0.39 is 11.6 Å². The third-order valence-corrected chi connectivity index (χ3v) is 5.94. The van der Waals surface area contributed by atoms with E-state index in [1.807, 2.05) is 42.5 Å². The summed E-state index contributed by atoms with van der Waals surface area (Å²) in [6, 6.07) is 13.3. The molecule has 0 aromatic heterocycles. The van der Waals surface area contributed by atoms with Crippen LogP contribution in [0.4, 0.5) is 0 Å². The Bertz CT molecular complexity index is 1260. The lowest BCUT2D eigenvalue weighted by Crippen LogP contribution is -2.39. The highest BCUT2D eigenvalue weighted by molar-refractivity contribution is 6.10. The van der Waals surface area contributed by atoms with E-state index in [9.17, 15) is 9.59 Å². The van der Waals surface area contributed by atoms with Gasteiger partial charge >= 0.3 is 5.97 Å². The average molecular weight is 447 g/mol. The monoisotopic (exact) mass is 447 g/mol. The third-order valence-electron chi connectivity index (χ3n) is 5.94. The highest BCUT2D eigenvalue weighted by Crippen LogP contribution is 2.46. The maximum absolute atomic E-state index is 12.6. The smallest absolute Gasteiger partial charge is 0.349 e. The molecule has 0 spiro atoms. The summed E-state index contributed by atoms with van der Waals surface area (Å²) in [5.41, 5.74) is 2.43. The Morgan fingerprint density at radius 2 is 1.91 bits per heavy atom. The molecule has 1 N–H and O–H groups in total. The Morgan fingerprint density at radius 3 is 2.67 bits per heavy atom. The molecule has 0 aliphatic carbocycles. The van der Waals surface area contributed by atoms with Crippen LogP contribution in [-0.2, 0) is 16.0 Å². The van der Waals surface area contributed by atoms with Crippen molar-refractivity contribution in [1.29, 1.82) is 0 Å². The summed E-state index contributed by atoms with van der Waals surface area (Å²) in [5, 5.41) is 4.77. The first-order valence-corrected chi connectivity index (χ1v) is 11.0. The van der Waals surface area contributed by atoms with Crippen LogP contribution in [0.2, 0.25) is 0 Å². The topological polar surface area (TPSA) is 83.1 Å². The first kappa shape index (κ1) is 21.1. The standard InChI is InChI=1S/C26H25NO6/c1-4-30-25(29)26(2,3)33-17-8-5-15(6-9-17)21-18-11-12-27-24(28)19(18)13-16-7-10-20-23(22(16)21)32-14-31-20/h5-10,13H,4,11-12,14H2,1-3H3,(H,27,28). The zero-order valence-electron chi connectivity index (χ0n) is 18.8. The Kier molecular flexibility index (Phi) is 5.12. The average Bonchev–Trinajstić information content (AvgIpc) is 3.28. The molecule has 0 fully saturated rings. The highest BCUT2D eigenvalue weighted by Gasteiger charge is 2.32. The number of hydrogen-bond donors (Lipinski definition) is 1. The van der Waals surface area contributed by atoms with Crippen LogP contribution in [0.25, 0.3) is 21.9 Å². The molecule has 0 saturated carbocycles. The van der Waals surface area contributed by atoms with Crippen molar-refractivity contribution in [3.63, 3.8) is 0 Å². The van der Waals surface area contributed by atoms with E-state index in [0.29, 0.717) is 42.4 Å². The lowest BCUT2D eigenvalue weighted by atomic mass is 9.86. The van der Waals surface area contributed by atoms with Gasteiger partial charge in [0, 0.05) is 17.5 Å². The molecule has 5 rings (SSSR count). The van der Waals surface area contributed by atoms with Gasteiger partial charge in [0.05, 0.1) is 6.61 Å². The quantitative estimate of drug-likeness (QED) is 0.589. The van der Waals surface area contributed by atoms with Crippen molar-refractivity contribution in [2.75, 3.05) is 19.9 Å². The van der Waals surface area contributed by atoms with Gasteiger partial charge < -0.3 is 24.3 Å². The van der Waals surface area contributed by atoms with Crippen molar-refractivity contribution in [2.45, 2.75) is 32.8 Å². The highest BCUT2D eigenvalue weighted by atomic mass is 16.7. The minimum atomic E-state index is -1.11. The molecule has 0 radical (unpaired) electrons. The Morgan fingerprint density at radius 1 is 1.12 bits per heavy atom. The first-order valence-electron chi connectivity index (χ1n) is 11.0. The van der Waals surface area contributed by atoms with Gasteiger partial charge in [-0.2, -0.15) is 0 Å². The number of carbonyl (C=O) groups is 2. The second-order valence-corrected chi connectivity index (χ2v) is 8.54. The summed E-state index contributed by atoms with van der Waals surface area (Å²) in [7, 11) is 0. The molecule has 7 nitrogen and oxygen atoms in total. The number of hydrogen-bond acceptors (Lipinski definition) is 6. The zero-order valence-corrected chi connectivity index (χ0v) is 18.8. The number of rotatable bonds is 5. The van der Waals surface area contributed by atoms with Crippen LogP contribution in [0.5, 0.6) is 17.2 Å². The van der Waals surface area contributed by atoms with Crippen LogP contribution >= 0.6 is 0 Å². The largest absolute Gasteiger partial charge is 0.476 e. The van der Waals surface area contributed by atoms with Gasteiger partial charge in [-0.25, -0.2) is 4.79 Å². The minimum absolute atomic E-state index is 0.0757. The summed E-state index contributed by atoms with van der Waals surface area (Å²) >= 11 is 0. The summed E-state index contributed by atoms with van der Waals surface area (Å²) in [6.07, 6.45) is 0.713. The van der Waals surface area contributed by atoms with Crippen LogP contribution in [-0.4, -0.2) is 37.4 Å². The molecule has 2 aliphatic heterocycles. The molecule has 3 aromatic rings. The molecule has 170 valence electrons. The molecular formula is C26H25NO6. The molecule has 0 saturated heterocycles. The second kappa shape index (κ2) is 7.99. The number of amides is 1. The van der Waals surface area contributed by atoms with Gasteiger partial charge in [-0.3, -0.25) is 4.79 Å². The molecule has 2 heterocycles. The van der Waals surface area contributed by atoms with Crippen LogP contribution in [0.1, 0.15) is 36.7 Å². The molecule has 0 unspecified atom stereocenters. The number of benzene rings is 3. The Balaban J connectivity index is 1.62. The van der Waals surface area contributed by atoms with E-state index in [4.69, 9.17) is 18.9 Å². The van der Waals surface area contributed by atoms with E-state index in [0.717, 1.165) is 27.5 Å². The fraction of sp³-hybridized carbons (Fsp3) is 0.308. The summed E-state index contributed by atoms with van der Waals surface area (Å²) in [5.74, 6) is 1.44. The molecule has 1 amide bonds. The summed E-state index contributed by atoms with van der Waals surface area (Å²) in [4.78, 5) is 24.8. The number of nitrogens with one attached hydrogen (secondary N) is 1. The summed E-state index contributed by atoms with van der Waals surface area (Å²) in [6.45, 7) is 6.16. The van der Waals surface area contributed by atoms with Crippen molar-refractivity contribution in [3.8, 4) is 28.4 Å². The molecule has 0 bridgehead atoms. The van der Waals surface area contributed by atoms with Crippen LogP contribution in [0, 0.1) is 0 Å². The van der Waals surface area contributed by atoms with E-state index >= 15 is 0 Å². The van der Waals surface area contributed by atoms with E-state index in [1.165, 1.54) is 0 Å². The number of esters is 1. The first-order chi connectivity index (χ1) is 15.9. The van der Waals surface area contributed by atoms with Crippen LogP contribution < -0.4 is 19.5 Å². The minimum Gasteiger partial charge on any atom is -0.476 e. The van der Waals surface area contributed by atoms with Crippen LogP contribution in [0.15, 0.2) is 42.5 Å². The zero-order chi connectivity index (χ0) is 23.2. The number of carbonyl (C=O) groups excluding carboxylic acids is 2. The van der Waals surface area contributed by atoms with E-state index in [-0.39, 0.29) is 12.7 Å². The van der Waals surface area contributed by atoms with Crippen molar-refractivity contribution in [2.24, 2.45) is 0 Å². The molecular weight excluding hydrogens is 422 g/mol. The molecule has 0 atom stereocenters. The lowest BCUT2D eigenvalue weighted by molar-refractivity contribution is -0.158. The molecule has 2 aliphatic rings. The molecule has 7 heteroatoms. The number of ether oxygens (including phenoxy) is 4. The van der Waals surface area contributed by atoms with Crippen molar-refractivity contribution in [1.82, 2.24) is 5.32 Å². The van der Waals surface area contributed by atoms with Gasteiger partial charge in [0.15, 0.2) is 17.1 Å². The Hall–Kier alpha value is -3.74. The van der Waals surface area contributed by atoms with Gasteiger partial charge in [-0.05, 0) is 73.5 Å². The molecule has 3 aromatic carbocycles. The Labute approximate surface area is 191 Å². The maximum atomic E-state index is 12.6. The predicted octanol–water partition coefficient (Wildman–Crippen LogP) is 4.24. The summed E-state index contributed by atoms with van der Waals surface area (Å²) < 4.78 is 22.5. The fourth-order valence-corrected chi connectivity index (χ4v) is 4.40. The van der Waals surface area contributed by atoms with Crippen molar-refractivity contribution in [3.05, 3.63) is 53.6 Å². The van der Waals surface area contributed by atoms with Crippen LogP contribution in [0.3, 0.4) is 0 Å². The molecule has 33 heavy (non-hydrogen) atoms. The van der Waals surface area contributed by atoms with Gasteiger partial charge in [0.25, 0.3) is 5.91 Å². The van der Waals surface area contributed by atoms with Crippen molar-refractivity contribution >= 4 is 22.6 Å². The predicted molar refractivity (Wildman–Crippen MR) is 123 cm³/mol. The lowest BCUT2D eigenvalue weighted by Gasteiger charge is -2.25. The second-order valence-electron chi connectivity index (χ2n) is 8.54. The van der Waals surface area contributed by atoms with E-state index in [2.05, 4.69) is 5.32 Å². The van der Waals surface area contributed by atoms with Gasteiger partial charge in [0.1, 0.15) is 5.75 Å². The normalized spacial score (nSPS) is 14.6.